The molecule has 0 atom stereocenters. The van der Waals surface area contributed by atoms with Crippen LogP contribution in [0.25, 0.3) is 22.0 Å². The molecular formula is C24H22N4O3S. The van der Waals surface area contributed by atoms with Gasteiger partial charge in [-0.25, -0.2) is 13.4 Å². The van der Waals surface area contributed by atoms with Gasteiger partial charge in [-0.15, -0.1) is 0 Å². The Morgan fingerprint density at radius 1 is 1.16 bits per heavy atom. The van der Waals surface area contributed by atoms with Crippen molar-refractivity contribution in [3.05, 3.63) is 83.2 Å². The van der Waals surface area contributed by atoms with Gasteiger partial charge < -0.3 is 4.74 Å². The number of hydrogen-bond donors (Lipinski definition) is 2. The van der Waals surface area contributed by atoms with Gasteiger partial charge in [0.1, 0.15) is 6.61 Å². The summed E-state index contributed by atoms with van der Waals surface area (Å²) in [4.78, 5) is 4.48. The second-order valence-electron chi connectivity index (χ2n) is 7.77. The van der Waals surface area contributed by atoms with Crippen molar-refractivity contribution in [3.63, 3.8) is 0 Å². The van der Waals surface area contributed by atoms with E-state index in [9.17, 15) is 8.42 Å². The van der Waals surface area contributed by atoms with Gasteiger partial charge >= 0.3 is 0 Å². The van der Waals surface area contributed by atoms with Crippen LogP contribution in [0.1, 0.15) is 35.6 Å². The largest absolute Gasteiger partial charge is 0.472 e. The molecule has 0 radical (unpaired) electrons. The van der Waals surface area contributed by atoms with Gasteiger partial charge in [0, 0.05) is 22.8 Å². The molecule has 32 heavy (non-hydrogen) atoms. The van der Waals surface area contributed by atoms with Crippen molar-refractivity contribution in [3.8, 4) is 5.88 Å². The molecule has 0 spiro atoms. The summed E-state index contributed by atoms with van der Waals surface area (Å²) in [5.74, 6) is 0.580. The van der Waals surface area contributed by atoms with Crippen molar-refractivity contribution < 1.29 is 13.2 Å². The Bertz CT molecular complexity index is 1470. The molecule has 0 bridgehead atoms. The molecule has 5 rings (SSSR count). The van der Waals surface area contributed by atoms with Gasteiger partial charge in [-0.2, -0.15) is 5.10 Å². The number of sulfonamides is 1. The van der Waals surface area contributed by atoms with E-state index in [1.165, 1.54) is 0 Å². The molecule has 0 amide bonds. The summed E-state index contributed by atoms with van der Waals surface area (Å²) >= 11 is 0. The lowest BCUT2D eigenvalue weighted by Crippen LogP contribution is -2.09. The number of aromatic amines is 1. The highest BCUT2D eigenvalue weighted by Gasteiger charge is 2.24. The molecule has 0 unspecified atom stereocenters. The van der Waals surface area contributed by atoms with Crippen molar-refractivity contribution in [2.75, 3.05) is 11.0 Å². The number of fused-ring (bicyclic) bond motifs is 3. The van der Waals surface area contributed by atoms with Crippen molar-refractivity contribution in [2.45, 2.75) is 20.0 Å². The Kier molecular flexibility index (Phi) is 4.94. The average molecular weight is 447 g/mol. The highest BCUT2D eigenvalue weighted by atomic mass is 32.2. The summed E-state index contributed by atoms with van der Waals surface area (Å²) in [6, 6.07) is 15.6. The monoisotopic (exact) mass is 446 g/mol. The number of aromatic nitrogens is 3. The lowest BCUT2D eigenvalue weighted by Gasteiger charge is -2.17. The van der Waals surface area contributed by atoms with Crippen LogP contribution in [0, 0.1) is 0 Å². The van der Waals surface area contributed by atoms with Gasteiger partial charge in [-0.3, -0.25) is 9.82 Å². The van der Waals surface area contributed by atoms with Crippen LogP contribution in [0.4, 0.5) is 5.69 Å². The number of allylic oxidation sites excluding steroid dienone is 1. The van der Waals surface area contributed by atoms with Crippen molar-refractivity contribution in [1.29, 1.82) is 0 Å². The molecule has 1 aliphatic heterocycles. The minimum Gasteiger partial charge on any atom is -0.472 e. The number of nitrogens with one attached hydrogen (secondary N) is 2. The second kappa shape index (κ2) is 7.80. The summed E-state index contributed by atoms with van der Waals surface area (Å²) in [5.41, 5.74) is 7.52. The van der Waals surface area contributed by atoms with Crippen LogP contribution in [-0.4, -0.2) is 29.9 Å². The number of pyridine rings is 1. The van der Waals surface area contributed by atoms with Crippen LogP contribution < -0.4 is 9.46 Å². The SMILES string of the molecule is CC/C(=C1\c2cc3cn[nH]c3cc2COc2ncccc21)c1cccc(NS(C)(=O)=O)c1. The zero-order chi connectivity index (χ0) is 22.3. The fourth-order valence-electron chi connectivity index (χ4n) is 4.21. The van der Waals surface area contributed by atoms with E-state index in [-0.39, 0.29) is 0 Å². The zero-order valence-electron chi connectivity index (χ0n) is 17.7. The van der Waals surface area contributed by atoms with E-state index in [0.29, 0.717) is 18.2 Å². The predicted octanol–water partition coefficient (Wildman–Crippen LogP) is 4.59. The van der Waals surface area contributed by atoms with Crippen molar-refractivity contribution >= 4 is 37.8 Å². The van der Waals surface area contributed by atoms with Gasteiger partial charge in [-0.05, 0) is 70.7 Å². The number of benzene rings is 2. The number of H-pyrrole nitrogens is 1. The quantitative estimate of drug-likeness (QED) is 0.478. The molecule has 3 heterocycles. The van der Waals surface area contributed by atoms with Crippen LogP contribution in [0.5, 0.6) is 5.88 Å². The zero-order valence-corrected chi connectivity index (χ0v) is 18.5. The molecule has 8 heteroatoms. The standard InChI is InChI=1S/C24H22N4O3S/c1-3-19(15-6-4-7-18(10-15)28-32(2,29)30)23-20-8-5-9-25-24(20)31-14-17-12-22-16(11-21(17)23)13-26-27-22/h4-13,28H,3,14H2,1-2H3,(H,26,27)/b23-19+. The molecule has 2 N–H and O–H groups in total. The first-order chi connectivity index (χ1) is 15.4. The third-order valence-electron chi connectivity index (χ3n) is 5.51. The Morgan fingerprint density at radius 2 is 2.03 bits per heavy atom. The van der Waals surface area contributed by atoms with Crippen LogP contribution in [-0.2, 0) is 16.6 Å². The third-order valence-corrected chi connectivity index (χ3v) is 6.11. The van der Waals surface area contributed by atoms with E-state index in [4.69, 9.17) is 4.74 Å². The van der Waals surface area contributed by atoms with E-state index in [1.54, 1.807) is 12.3 Å². The maximum Gasteiger partial charge on any atom is 0.229 e. The van der Waals surface area contributed by atoms with Crippen LogP contribution in [0.15, 0.2) is 60.9 Å². The minimum absolute atomic E-state index is 0.393. The molecule has 162 valence electrons. The number of nitrogens with zero attached hydrogens (tertiary/aromatic N) is 2. The van der Waals surface area contributed by atoms with Gasteiger partial charge in [0.05, 0.1) is 18.0 Å². The maximum atomic E-state index is 11.8. The summed E-state index contributed by atoms with van der Waals surface area (Å²) in [5, 5.41) is 8.21. The fourth-order valence-corrected chi connectivity index (χ4v) is 4.77. The van der Waals surface area contributed by atoms with E-state index in [0.717, 1.165) is 57.0 Å². The number of anilines is 1. The Morgan fingerprint density at radius 3 is 2.84 bits per heavy atom. The summed E-state index contributed by atoms with van der Waals surface area (Å²) in [6.07, 6.45) is 5.42. The van der Waals surface area contributed by atoms with Crippen LogP contribution in [0.2, 0.25) is 0 Å². The van der Waals surface area contributed by atoms with Crippen LogP contribution in [0.3, 0.4) is 0 Å². The summed E-state index contributed by atoms with van der Waals surface area (Å²) in [6.45, 7) is 2.49. The Hall–Kier alpha value is -3.65. The highest BCUT2D eigenvalue weighted by molar-refractivity contribution is 7.92. The molecule has 1 aliphatic rings. The normalized spacial score (nSPS) is 14.8. The Balaban J connectivity index is 1.80. The Labute approximate surface area is 186 Å². The molecular weight excluding hydrogens is 424 g/mol. The second-order valence-corrected chi connectivity index (χ2v) is 9.52. The first kappa shape index (κ1) is 20.3. The molecule has 2 aromatic carbocycles. The van der Waals surface area contributed by atoms with Gasteiger partial charge in [0.15, 0.2) is 0 Å². The smallest absolute Gasteiger partial charge is 0.229 e. The molecule has 7 nitrogen and oxygen atoms in total. The number of rotatable bonds is 4. The van der Waals surface area contributed by atoms with Crippen molar-refractivity contribution in [2.24, 2.45) is 0 Å². The molecule has 0 saturated carbocycles. The topological polar surface area (TPSA) is 97.0 Å². The van der Waals surface area contributed by atoms with Gasteiger partial charge in [0.2, 0.25) is 15.9 Å². The van der Waals surface area contributed by atoms with Gasteiger partial charge in [-0.1, -0.05) is 19.1 Å². The lowest BCUT2D eigenvalue weighted by molar-refractivity contribution is 0.295. The maximum absolute atomic E-state index is 11.8. The highest BCUT2D eigenvalue weighted by Crippen LogP contribution is 2.42. The minimum atomic E-state index is -3.38. The van der Waals surface area contributed by atoms with E-state index >= 15 is 0 Å². The molecule has 2 aromatic heterocycles. The van der Waals surface area contributed by atoms with E-state index in [2.05, 4.69) is 39.0 Å². The summed E-state index contributed by atoms with van der Waals surface area (Å²) in [7, 11) is -3.38. The lowest BCUT2D eigenvalue weighted by atomic mass is 9.86. The molecule has 0 aliphatic carbocycles. The predicted molar refractivity (Wildman–Crippen MR) is 126 cm³/mol. The van der Waals surface area contributed by atoms with Crippen molar-refractivity contribution in [1.82, 2.24) is 15.2 Å². The van der Waals surface area contributed by atoms with Crippen LogP contribution >= 0.6 is 0 Å². The number of hydrogen-bond acceptors (Lipinski definition) is 5. The van der Waals surface area contributed by atoms with E-state index < -0.39 is 10.0 Å². The molecule has 0 fully saturated rings. The average Bonchev–Trinajstić information content (AvgIpc) is 3.16. The molecule has 0 saturated heterocycles. The first-order valence-electron chi connectivity index (χ1n) is 10.3. The molecule has 4 aromatic rings. The van der Waals surface area contributed by atoms with E-state index in [1.807, 2.05) is 36.5 Å². The first-order valence-corrected chi connectivity index (χ1v) is 12.2. The number of ether oxygens (including phenoxy) is 1. The third kappa shape index (κ3) is 3.73. The fraction of sp³-hybridized carbons (Fsp3) is 0.167. The van der Waals surface area contributed by atoms with Gasteiger partial charge in [0.25, 0.3) is 0 Å². The summed E-state index contributed by atoms with van der Waals surface area (Å²) < 4.78 is 32.2.